The van der Waals surface area contributed by atoms with Crippen molar-refractivity contribution in [2.75, 3.05) is 18.6 Å². The standard InChI is InChI=1S/C19H23N3O2/c1-19(10-3-13-22(19)16-8-11-20-12-9-16)18(23)21-14-15-4-6-17(24-2)7-5-15/h4-9,11-12H,3,10,13-14H2,1-2H3,(H,21,23)/t19-/m0/s1. The lowest BCUT2D eigenvalue weighted by Crippen LogP contribution is -2.53. The van der Waals surface area contributed by atoms with Crippen LogP contribution in [0.3, 0.4) is 0 Å². The van der Waals surface area contributed by atoms with Gasteiger partial charge in [0, 0.05) is 31.2 Å². The van der Waals surface area contributed by atoms with Gasteiger partial charge in [0.05, 0.1) is 7.11 Å². The molecule has 1 saturated heterocycles. The molecule has 1 amide bonds. The average molecular weight is 325 g/mol. The van der Waals surface area contributed by atoms with E-state index in [1.165, 1.54) is 0 Å². The van der Waals surface area contributed by atoms with Gasteiger partial charge in [0.1, 0.15) is 11.3 Å². The largest absolute Gasteiger partial charge is 0.497 e. The van der Waals surface area contributed by atoms with Gasteiger partial charge >= 0.3 is 0 Å². The highest BCUT2D eigenvalue weighted by Gasteiger charge is 2.43. The molecular formula is C19H23N3O2. The predicted molar refractivity (Wildman–Crippen MR) is 94.1 cm³/mol. The highest BCUT2D eigenvalue weighted by atomic mass is 16.5. The number of anilines is 1. The predicted octanol–water partition coefficient (Wildman–Crippen LogP) is 2.77. The van der Waals surface area contributed by atoms with E-state index in [0.29, 0.717) is 6.54 Å². The third-order valence-corrected chi connectivity index (χ3v) is 4.72. The summed E-state index contributed by atoms with van der Waals surface area (Å²) in [5.41, 5.74) is 1.58. The maximum atomic E-state index is 12.9. The van der Waals surface area contributed by atoms with Gasteiger partial charge in [-0.2, -0.15) is 0 Å². The topological polar surface area (TPSA) is 54.5 Å². The van der Waals surface area contributed by atoms with Crippen molar-refractivity contribution in [3.63, 3.8) is 0 Å². The van der Waals surface area contributed by atoms with Crippen LogP contribution in [0.5, 0.6) is 5.75 Å². The normalized spacial score (nSPS) is 20.0. The Hall–Kier alpha value is -2.56. The van der Waals surface area contributed by atoms with Crippen molar-refractivity contribution in [2.24, 2.45) is 0 Å². The SMILES string of the molecule is COc1ccc(CNC(=O)[C@]2(C)CCCN2c2ccncc2)cc1. The maximum absolute atomic E-state index is 12.9. The number of hydrogen-bond donors (Lipinski definition) is 1. The Morgan fingerprint density at radius 1 is 1.25 bits per heavy atom. The van der Waals surface area contributed by atoms with Crippen LogP contribution >= 0.6 is 0 Å². The molecule has 1 aromatic heterocycles. The first-order valence-corrected chi connectivity index (χ1v) is 8.22. The van der Waals surface area contributed by atoms with Crippen LogP contribution in [-0.2, 0) is 11.3 Å². The minimum atomic E-state index is -0.520. The van der Waals surface area contributed by atoms with E-state index in [0.717, 1.165) is 36.4 Å². The number of hydrogen-bond acceptors (Lipinski definition) is 4. The zero-order valence-electron chi connectivity index (χ0n) is 14.2. The zero-order valence-corrected chi connectivity index (χ0v) is 14.2. The molecule has 0 spiro atoms. The summed E-state index contributed by atoms with van der Waals surface area (Å²) in [4.78, 5) is 19.1. The minimum absolute atomic E-state index is 0.0626. The number of methoxy groups -OCH3 is 1. The smallest absolute Gasteiger partial charge is 0.245 e. The van der Waals surface area contributed by atoms with E-state index in [4.69, 9.17) is 4.74 Å². The first-order chi connectivity index (χ1) is 11.6. The Bertz CT molecular complexity index is 688. The molecule has 2 heterocycles. The summed E-state index contributed by atoms with van der Waals surface area (Å²) >= 11 is 0. The molecule has 1 aliphatic heterocycles. The molecule has 126 valence electrons. The minimum Gasteiger partial charge on any atom is -0.497 e. The summed E-state index contributed by atoms with van der Waals surface area (Å²) in [6.07, 6.45) is 5.39. The van der Waals surface area contributed by atoms with E-state index in [9.17, 15) is 4.79 Å². The van der Waals surface area contributed by atoms with E-state index in [1.54, 1.807) is 19.5 Å². The van der Waals surface area contributed by atoms with Gasteiger partial charge < -0.3 is 15.0 Å². The molecule has 1 N–H and O–H groups in total. The van der Waals surface area contributed by atoms with Crippen LogP contribution in [0.15, 0.2) is 48.8 Å². The Kier molecular flexibility index (Phi) is 4.69. The number of aromatic nitrogens is 1. The summed E-state index contributed by atoms with van der Waals surface area (Å²) in [7, 11) is 1.64. The quantitative estimate of drug-likeness (QED) is 0.918. The monoisotopic (exact) mass is 325 g/mol. The van der Waals surface area contributed by atoms with E-state index in [2.05, 4.69) is 15.2 Å². The Labute approximate surface area is 142 Å². The fourth-order valence-electron chi connectivity index (χ4n) is 3.25. The lowest BCUT2D eigenvalue weighted by Gasteiger charge is -2.35. The van der Waals surface area contributed by atoms with Crippen molar-refractivity contribution < 1.29 is 9.53 Å². The molecule has 1 atom stereocenters. The molecule has 3 rings (SSSR count). The van der Waals surface area contributed by atoms with Crippen LogP contribution in [0, 0.1) is 0 Å². The van der Waals surface area contributed by atoms with Gasteiger partial charge in [-0.05, 0) is 49.6 Å². The first-order valence-electron chi connectivity index (χ1n) is 8.22. The first kappa shape index (κ1) is 16.3. The number of carbonyl (C=O) groups excluding carboxylic acids is 1. The number of pyridine rings is 1. The Morgan fingerprint density at radius 3 is 2.62 bits per heavy atom. The molecule has 2 aromatic rings. The summed E-state index contributed by atoms with van der Waals surface area (Å²) in [5.74, 6) is 0.879. The summed E-state index contributed by atoms with van der Waals surface area (Å²) < 4.78 is 5.16. The molecule has 1 aliphatic rings. The molecule has 5 heteroatoms. The summed E-state index contributed by atoms with van der Waals surface area (Å²) in [6, 6.07) is 11.7. The van der Waals surface area contributed by atoms with Crippen molar-refractivity contribution in [1.82, 2.24) is 10.3 Å². The van der Waals surface area contributed by atoms with Crippen LogP contribution in [0.4, 0.5) is 5.69 Å². The van der Waals surface area contributed by atoms with E-state index < -0.39 is 5.54 Å². The summed E-state index contributed by atoms with van der Waals surface area (Å²) in [6.45, 7) is 3.42. The molecular weight excluding hydrogens is 302 g/mol. The third-order valence-electron chi connectivity index (χ3n) is 4.72. The van der Waals surface area contributed by atoms with Crippen LogP contribution < -0.4 is 15.0 Å². The number of nitrogens with zero attached hydrogens (tertiary/aromatic N) is 2. The second kappa shape index (κ2) is 6.91. The van der Waals surface area contributed by atoms with Gasteiger partial charge in [-0.1, -0.05) is 12.1 Å². The molecule has 5 nitrogen and oxygen atoms in total. The van der Waals surface area contributed by atoms with Crippen molar-refractivity contribution in [3.8, 4) is 5.75 Å². The van der Waals surface area contributed by atoms with Crippen molar-refractivity contribution >= 4 is 11.6 Å². The molecule has 0 saturated carbocycles. The number of nitrogens with one attached hydrogen (secondary N) is 1. The van der Waals surface area contributed by atoms with E-state index in [1.807, 2.05) is 43.3 Å². The van der Waals surface area contributed by atoms with Gasteiger partial charge in [0.25, 0.3) is 0 Å². The van der Waals surface area contributed by atoms with Crippen LogP contribution in [0.2, 0.25) is 0 Å². The van der Waals surface area contributed by atoms with Gasteiger partial charge in [0.2, 0.25) is 5.91 Å². The van der Waals surface area contributed by atoms with Crippen molar-refractivity contribution in [1.29, 1.82) is 0 Å². The number of carbonyl (C=O) groups is 1. The van der Waals surface area contributed by atoms with E-state index >= 15 is 0 Å². The molecule has 24 heavy (non-hydrogen) atoms. The van der Waals surface area contributed by atoms with Gasteiger partial charge in [-0.15, -0.1) is 0 Å². The second-order valence-electron chi connectivity index (χ2n) is 6.27. The lowest BCUT2D eigenvalue weighted by atomic mass is 9.97. The van der Waals surface area contributed by atoms with Crippen molar-refractivity contribution in [3.05, 3.63) is 54.4 Å². The van der Waals surface area contributed by atoms with E-state index in [-0.39, 0.29) is 5.91 Å². The molecule has 0 radical (unpaired) electrons. The van der Waals surface area contributed by atoms with Gasteiger partial charge in [-0.25, -0.2) is 0 Å². The highest BCUT2D eigenvalue weighted by molar-refractivity contribution is 5.90. The lowest BCUT2D eigenvalue weighted by molar-refractivity contribution is -0.125. The second-order valence-corrected chi connectivity index (χ2v) is 6.27. The molecule has 1 fully saturated rings. The van der Waals surface area contributed by atoms with Gasteiger partial charge in [-0.3, -0.25) is 9.78 Å². The van der Waals surface area contributed by atoms with Crippen molar-refractivity contribution in [2.45, 2.75) is 31.8 Å². The number of ether oxygens (including phenoxy) is 1. The van der Waals surface area contributed by atoms with Gasteiger partial charge in [0.15, 0.2) is 0 Å². The maximum Gasteiger partial charge on any atom is 0.245 e. The van der Waals surface area contributed by atoms with Crippen LogP contribution in [-0.4, -0.2) is 30.1 Å². The number of benzene rings is 1. The zero-order chi connectivity index (χ0) is 17.0. The number of amides is 1. The van der Waals surface area contributed by atoms with Crippen LogP contribution in [0.25, 0.3) is 0 Å². The molecule has 0 aliphatic carbocycles. The number of rotatable bonds is 5. The summed E-state index contributed by atoms with van der Waals surface area (Å²) in [5, 5.41) is 3.08. The molecule has 0 unspecified atom stereocenters. The Balaban J connectivity index is 1.68. The third kappa shape index (κ3) is 3.20. The Morgan fingerprint density at radius 2 is 1.96 bits per heavy atom. The molecule has 0 bridgehead atoms. The molecule has 1 aromatic carbocycles. The van der Waals surface area contributed by atoms with Crippen LogP contribution in [0.1, 0.15) is 25.3 Å². The fraction of sp³-hybridized carbons (Fsp3) is 0.368. The fourth-order valence-corrected chi connectivity index (χ4v) is 3.25. The average Bonchev–Trinajstić information content (AvgIpc) is 3.04. The highest BCUT2D eigenvalue weighted by Crippen LogP contribution is 2.33.